The van der Waals surface area contributed by atoms with Gasteiger partial charge in [0.05, 0.1) is 25.1 Å². The number of anilines is 1. The molecule has 1 saturated heterocycles. The van der Waals surface area contributed by atoms with E-state index in [1.165, 1.54) is 5.01 Å². The Balaban J connectivity index is 1.66. The third-order valence-electron chi connectivity index (χ3n) is 6.75. The van der Waals surface area contributed by atoms with E-state index in [9.17, 15) is 19.5 Å². The molecule has 8 nitrogen and oxygen atoms in total. The Morgan fingerprint density at radius 1 is 1.05 bits per heavy atom. The van der Waals surface area contributed by atoms with Crippen molar-refractivity contribution < 1.29 is 19.5 Å². The van der Waals surface area contributed by atoms with E-state index >= 15 is 0 Å². The van der Waals surface area contributed by atoms with Gasteiger partial charge in [-0.15, -0.1) is 0 Å². The van der Waals surface area contributed by atoms with Gasteiger partial charge in [-0.25, -0.2) is 5.43 Å². The number of hydrogen-bond donors (Lipinski definition) is 3. The smallest absolute Gasteiger partial charge is 0.236 e. The third kappa shape index (κ3) is 8.96. The van der Waals surface area contributed by atoms with E-state index in [0.717, 1.165) is 36.2 Å². The predicted molar refractivity (Wildman–Crippen MR) is 149 cm³/mol. The fraction of sp³-hybridized carbons (Fsp3) is 0.500. The molecule has 2 aromatic rings. The van der Waals surface area contributed by atoms with Crippen molar-refractivity contribution in [2.45, 2.75) is 71.4 Å². The molecule has 1 heterocycles. The monoisotopic (exact) mass is 522 g/mol. The molecule has 1 aliphatic heterocycles. The van der Waals surface area contributed by atoms with Crippen molar-refractivity contribution in [3.05, 3.63) is 65.7 Å². The summed E-state index contributed by atoms with van der Waals surface area (Å²) < 4.78 is 0. The fourth-order valence-corrected chi connectivity index (χ4v) is 4.62. The van der Waals surface area contributed by atoms with Crippen LogP contribution in [0.1, 0.15) is 57.6 Å². The number of amides is 3. The van der Waals surface area contributed by atoms with E-state index < -0.39 is 12.1 Å². The quantitative estimate of drug-likeness (QED) is 0.331. The summed E-state index contributed by atoms with van der Waals surface area (Å²) >= 11 is 0. The van der Waals surface area contributed by atoms with Crippen molar-refractivity contribution in [3.63, 3.8) is 0 Å². The number of rotatable bonds is 14. The molecule has 0 saturated carbocycles. The number of aliphatic hydroxyl groups is 1. The van der Waals surface area contributed by atoms with Crippen LogP contribution >= 0.6 is 0 Å². The highest BCUT2D eigenvalue weighted by Crippen LogP contribution is 2.22. The van der Waals surface area contributed by atoms with Gasteiger partial charge in [0.1, 0.15) is 0 Å². The van der Waals surface area contributed by atoms with E-state index in [4.69, 9.17) is 0 Å². The van der Waals surface area contributed by atoms with Crippen molar-refractivity contribution in [3.8, 4) is 0 Å². The van der Waals surface area contributed by atoms with Crippen LogP contribution in [0.3, 0.4) is 0 Å². The summed E-state index contributed by atoms with van der Waals surface area (Å²) in [7, 11) is 0. The molecule has 38 heavy (non-hydrogen) atoms. The van der Waals surface area contributed by atoms with Gasteiger partial charge in [0.2, 0.25) is 17.7 Å². The summed E-state index contributed by atoms with van der Waals surface area (Å²) in [6.45, 7) is 7.40. The highest BCUT2D eigenvalue weighted by Gasteiger charge is 2.26. The van der Waals surface area contributed by atoms with E-state index in [2.05, 4.69) is 24.6 Å². The second kappa shape index (κ2) is 14.6. The highest BCUT2D eigenvalue weighted by atomic mass is 16.3. The molecule has 3 rings (SSSR count). The van der Waals surface area contributed by atoms with Crippen LogP contribution in [0.25, 0.3) is 0 Å². The number of hydrazine groups is 1. The molecule has 0 aliphatic carbocycles. The lowest BCUT2D eigenvalue weighted by Crippen LogP contribution is -2.54. The topological polar surface area (TPSA) is 102 Å². The molecule has 3 N–H and O–H groups in total. The Morgan fingerprint density at radius 3 is 2.37 bits per heavy atom. The van der Waals surface area contributed by atoms with Crippen LogP contribution in [0.15, 0.2) is 54.6 Å². The van der Waals surface area contributed by atoms with Gasteiger partial charge in [-0.1, -0.05) is 63.2 Å². The van der Waals surface area contributed by atoms with Gasteiger partial charge in [-0.05, 0) is 48.4 Å². The number of benzene rings is 2. The lowest BCUT2D eigenvalue weighted by atomic mass is 10.00. The minimum atomic E-state index is -0.968. The largest absolute Gasteiger partial charge is 0.389 e. The minimum absolute atomic E-state index is 0.0686. The Hall–Kier alpha value is -3.23. The highest BCUT2D eigenvalue weighted by molar-refractivity contribution is 5.95. The SMILES string of the molecule is CCNN(CC(O)C(Cc1ccccc1)NC(=O)Cc1ccc(N2CCCC2=O)cc1)C(=O)CCC(C)C. The summed E-state index contributed by atoms with van der Waals surface area (Å²) in [6, 6.07) is 16.6. The van der Waals surface area contributed by atoms with Gasteiger partial charge in [0.25, 0.3) is 0 Å². The predicted octanol–water partition coefficient (Wildman–Crippen LogP) is 3.23. The van der Waals surface area contributed by atoms with Crippen molar-refractivity contribution >= 4 is 23.4 Å². The summed E-state index contributed by atoms with van der Waals surface area (Å²) in [5, 5.41) is 15.7. The second-order valence-electron chi connectivity index (χ2n) is 10.4. The molecule has 0 aromatic heterocycles. The average Bonchev–Trinajstić information content (AvgIpc) is 3.33. The maximum atomic E-state index is 13.1. The van der Waals surface area contributed by atoms with Crippen LogP contribution in [0, 0.1) is 5.92 Å². The Labute approximate surface area is 226 Å². The number of nitrogens with one attached hydrogen (secondary N) is 2. The van der Waals surface area contributed by atoms with Gasteiger partial charge in [-0.2, -0.15) is 0 Å². The minimum Gasteiger partial charge on any atom is -0.389 e. The van der Waals surface area contributed by atoms with Gasteiger partial charge in [0, 0.05) is 31.6 Å². The maximum Gasteiger partial charge on any atom is 0.236 e. The van der Waals surface area contributed by atoms with Crippen molar-refractivity contribution in [2.24, 2.45) is 5.92 Å². The van der Waals surface area contributed by atoms with E-state index in [-0.39, 0.29) is 30.7 Å². The molecule has 2 unspecified atom stereocenters. The Morgan fingerprint density at radius 2 is 1.76 bits per heavy atom. The summed E-state index contributed by atoms with van der Waals surface area (Å²) in [4.78, 5) is 39.6. The van der Waals surface area contributed by atoms with Gasteiger partial charge < -0.3 is 15.3 Å². The standard InChI is InChI=1S/C30H42N4O4/c1-4-31-34(30(38)17-12-22(2)3)21-27(35)26(19-23-9-6-5-7-10-23)32-28(36)20-24-13-15-25(16-14-24)33-18-8-11-29(33)37/h5-7,9-10,13-16,22,26-27,31,35H,4,8,11-12,17-21H2,1-3H3,(H,32,36). The van der Waals surface area contributed by atoms with Crippen LogP contribution in [-0.2, 0) is 27.2 Å². The van der Waals surface area contributed by atoms with E-state index in [0.29, 0.717) is 31.7 Å². The summed E-state index contributed by atoms with van der Waals surface area (Å²) in [5.41, 5.74) is 5.72. The summed E-state index contributed by atoms with van der Waals surface area (Å²) in [5.74, 6) is 0.252. The average molecular weight is 523 g/mol. The van der Waals surface area contributed by atoms with Crippen LogP contribution < -0.4 is 15.6 Å². The number of hydrogen-bond acceptors (Lipinski definition) is 5. The van der Waals surface area contributed by atoms with Crippen LogP contribution in [0.2, 0.25) is 0 Å². The Bertz CT molecular complexity index is 1040. The molecule has 1 aliphatic rings. The van der Waals surface area contributed by atoms with Gasteiger partial charge >= 0.3 is 0 Å². The first-order chi connectivity index (χ1) is 18.3. The first kappa shape index (κ1) is 29.3. The summed E-state index contributed by atoms with van der Waals surface area (Å²) in [6.07, 6.45) is 2.22. The number of nitrogens with zero attached hydrogens (tertiary/aromatic N) is 2. The number of carbonyl (C=O) groups excluding carboxylic acids is 3. The van der Waals surface area contributed by atoms with Crippen LogP contribution in [0.5, 0.6) is 0 Å². The zero-order valence-electron chi connectivity index (χ0n) is 22.9. The van der Waals surface area contributed by atoms with E-state index in [1.807, 2.05) is 61.5 Å². The maximum absolute atomic E-state index is 13.1. The molecule has 1 fully saturated rings. The molecule has 2 aromatic carbocycles. The first-order valence-corrected chi connectivity index (χ1v) is 13.7. The molecule has 0 spiro atoms. The molecular weight excluding hydrogens is 480 g/mol. The molecule has 206 valence electrons. The first-order valence-electron chi connectivity index (χ1n) is 13.7. The van der Waals surface area contributed by atoms with Gasteiger partial charge in [0.15, 0.2) is 0 Å². The second-order valence-corrected chi connectivity index (χ2v) is 10.4. The third-order valence-corrected chi connectivity index (χ3v) is 6.75. The lowest BCUT2D eigenvalue weighted by Gasteiger charge is -2.30. The number of aliphatic hydroxyl groups excluding tert-OH is 1. The van der Waals surface area contributed by atoms with Crippen LogP contribution in [-0.4, -0.2) is 59.6 Å². The van der Waals surface area contributed by atoms with Crippen molar-refractivity contribution in [1.29, 1.82) is 0 Å². The fourth-order valence-electron chi connectivity index (χ4n) is 4.62. The zero-order chi connectivity index (χ0) is 27.5. The Kier molecular flexibility index (Phi) is 11.3. The van der Waals surface area contributed by atoms with Crippen molar-refractivity contribution in [1.82, 2.24) is 15.8 Å². The molecular formula is C30H42N4O4. The van der Waals surface area contributed by atoms with Crippen molar-refractivity contribution in [2.75, 3.05) is 24.5 Å². The van der Waals surface area contributed by atoms with E-state index in [1.54, 1.807) is 4.90 Å². The normalized spacial score (nSPS) is 15.0. The zero-order valence-corrected chi connectivity index (χ0v) is 22.9. The number of carbonyl (C=O) groups is 3. The molecule has 0 bridgehead atoms. The lowest BCUT2D eigenvalue weighted by molar-refractivity contribution is -0.136. The molecule has 8 heteroatoms. The van der Waals surface area contributed by atoms with Crippen LogP contribution in [0.4, 0.5) is 5.69 Å². The molecule has 0 radical (unpaired) electrons. The molecule has 2 atom stereocenters. The van der Waals surface area contributed by atoms with Gasteiger partial charge in [-0.3, -0.25) is 19.4 Å². The molecule has 3 amide bonds.